The van der Waals surface area contributed by atoms with Gasteiger partial charge in [-0.1, -0.05) is 0 Å². The molecule has 2 heterocycles. The van der Waals surface area contributed by atoms with E-state index < -0.39 is 0 Å². The average Bonchev–Trinajstić information content (AvgIpc) is 2.80. The van der Waals surface area contributed by atoms with Crippen LogP contribution in [0, 0.1) is 0 Å². The second kappa shape index (κ2) is 4.72. The van der Waals surface area contributed by atoms with Crippen LogP contribution in [0.25, 0.3) is 0 Å². The first kappa shape index (κ1) is 12.5. The van der Waals surface area contributed by atoms with Crippen LogP contribution in [0.3, 0.4) is 0 Å². The van der Waals surface area contributed by atoms with E-state index in [2.05, 4.69) is 4.98 Å². The average molecular weight is 249 g/mol. The first-order chi connectivity index (χ1) is 8.50. The van der Waals surface area contributed by atoms with Crippen molar-refractivity contribution in [3.05, 3.63) is 12.1 Å². The van der Waals surface area contributed by atoms with E-state index in [4.69, 9.17) is 11.5 Å². The summed E-state index contributed by atoms with van der Waals surface area (Å²) >= 11 is 0. The number of nitrogens with two attached hydrogens (primary N) is 2. The fourth-order valence-corrected chi connectivity index (χ4v) is 2.23. The van der Waals surface area contributed by atoms with E-state index in [0.717, 1.165) is 25.2 Å². The summed E-state index contributed by atoms with van der Waals surface area (Å²) in [6.45, 7) is 0.820. The zero-order valence-electron chi connectivity index (χ0n) is 10.8. The number of likely N-dealkylation sites (N-methyl/N-ethyl adjacent to an activating group) is 1. The molecule has 18 heavy (non-hydrogen) atoms. The van der Waals surface area contributed by atoms with Crippen LogP contribution in [0.1, 0.15) is 12.8 Å². The van der Waals surface area contributed by atoms with Crippen LogP contribution in [0.15, 0.2) is 12.1 Å². The van der Waals surface area contributed by atoms with Gasteiger partial charge in [-0.15, -0.1) is 0 Å². The lowest BCUT2D eigenvalue weighted by Crippen LogP contribution is -2.43. The molecule has 98 valence electrons. The van der Waals surface area contributed by atoms with E-state index in [1.54, 1.807) is 25.1 Å². The Hall–Kier alpha value is -1.98. The van der Waals surface area contributed by atoms with Crippen molar-refractivity contribution in [3.63, 3.8) is 0 Å². The largest absolute Gasteiger partial charge is 0.396 e. The van der Waals surface area contributed by atoms with Gasteiger partial charge in [0.05, 0.1) is 5.69 Å². The van der Waals surface area contributed by atoms with Crippen molar-refractivity contribution in [1.82, 2.24) is 9.88 Å². The van der Waals surface area contributed by atoms with Crippen LogP contribution in [-0.2, 0) is 4.79 Å². The molecule has 0 aliphatic carbocycles. The monoisotopic (exact) mass is 249 g/mol. The SMILES string of the molecule is CN(C)C(=O)C1CCCN1c1ccc(N)c(N)n1. The van der Waals surface area contributed by atoms with Crippen LogP contribution in [0.4, 0.5) is 17.3 Å². The number of hydrogen-bond donors (Lipinski definition) is 2. The standard InChI is InChI=1S/C12H19N5O/c1-16(2)12(18)9-4-3-7-17(9)10-6-5-8(13)11(14)15-10/h5-6,9H,3-4,7,13H2,1-2H3,(H2,14,15). The molecule has 2 rings (SSSR count). The fraction of sp³-hybridized carbons (Fsp3) is 0.500. The molecule has 1 amide bonds. The Balaban J connectivity index is 2.26. The van der Waals surface area contributed by atoms with E-state index in [1.807, 2.05) is 11.0 Å². The Morgan fingerprint density at radius 2 is 2.17 bits per heavy atom. The molecule has 6 heteroatoms. The summed E-state index contributed by atoms with van der Waals surface area (Å²) in [4.78, 5) is 19.9. The molecule has 1 atom stereocenters. The van der Waals surface area contributed by atoms with Crippen molar-refractivity contribution in [2.24, 2.45) is 0 Å². The molecule has 1 fully saturated rings. The van der Waals surface area contributed by atoms with Gasteiger partial charge >= 0.3 is 0 Å². The Morgan fingerprint density at radius 1 is 1.44 bits per heavy atom. The summed E-state index contributed by atoms with van der Waals surface area (Å²) in [5.41, 5.74) is 11.8. The highest BCUT2D eigenvalue weighted by molar-refractivity contribution is 5.85. The van der Waals surface area contributed by atoms with Gasteiger partial charge < -0.3 is 21.3 Å². The molecular weight excluding hydrogens is 230 g/mol. The minimum Gasteiger partial charge on any atom is -0.396 e. The van der Waals surface area contributed by atoms with Crippen molar-refractivity contribution in [2.75, 3.05) is 37.0 Å². The van der Waals surface area contributed by atoms with E-state index in [1.165, 1.54) is 0 Å². The normalized spacial score (nSPS) is 19.0. The molecule has 4 N–H and O–H groups in total. The van der Waals surface area contributed by atoms with Gasteiger partial charge in [-0.3, -0.25) is 4.79 Å². The van der Waals surface area contributed by atoms with Crippen LogP contribution in [0.2, 0.25) is 0 Å². The summed E-state index contributed by atoms with van der Waals surface area (Å²) < 4.78 is 0. The molecule has 0 radical (unpaired) electrons. The lowest BCUT2D eigenvalue weighted by atomic mass is 10.2. The third-order valence-electron chi connectivity index (χ3n) is 3.22. The number of amides is 1. The van der Waals surface area contributed by atoms with Crippen LogP contribution >= 0.6 is 0 Å². The summed E-state index contributed by atoms with van der Waals surface area (Å²) in [5.74, 6) is 1.14. The second-order valence-corrected chi connectivity index (χ2v) is 4.73. The number of anilines is 3. The molecule has 1 aliphatic heterocycles. The van der Waals surface area contributed by atoms with Crippen molar-refractivity contribution in [2.45, 2.75) is 18.9 Å². The summed E-state index contributed by atoms with van der Waals surface area (Å²) in [6.07, 6.45) is 1.83. The molecular formula is C12H19N5O. The van der Waals surface area contributed by atoms with Crippen molar-refractivity contribution >= 4 is 23.2 Å². The quantitative estimate of drug-likeness (QED) is 0.787. The lowest BCUT2D eigenvalue weighted by molar-refractivity contribution is -0.129. The molecule has 0 aromatic carbocycles. The number of rotatable bonds is 2. The highest BCUT2D eigenvalue weighted by atomic mass is 16.2. The molecule has 1 aliphatic rings. The second-order valence-electron chi connectivity index (χ2n) is 4.73. The fourth-order valence-electron chi connectivity index (χ4n) is 2.23. The van der Waals surface area contributed by atoms with Gasteiger partial charge in [0, 0.05) is 20.6 Å². The molecule has 1 saturated heterocycles. The first-order valence-electron chi connectivity index (χ1n) is 6.00. The smallest absolute Gasteiger partial charge is 0.244 e. The van der Waals surface area contributed by atoms with E-state index >= 15 is 0 Å². The number of carbonyl (C=O) groups excluding carboxylic acids is 1. The van der Waals surface area contributed by atoms with Gasteiger partial charge in [0.2, 0.25) is 5.91 Å². The van der Waals surface area contributed by atoms with Crippen molar-refractivity contribution < 1.29 is 4.79 Å². The molecule has 1 unspecified atom stereocenters. The predicted molar refractivity (Wildman–Crippen MR) is 72.1 cm³/mol. The Morgan fingerprint density at radius 3 is 2.78 bits per heavy atom. The molecule has 0 saturated carbocycles. The van der Waals surface area contributed by atoms with Crippen LogP contribution in [-0.4, -0.2) is 42.5 Å². The molecule has 0 spiro atoms. The highest BCUT2D eigenvalue weighted by Gasteiger charge is 2.32. The summed E-state index contributed by atoms with van der Waals surface area (Å²) in [7, 11) is 3.53. The number of hydrogen-bond acceptors (Lipinski definition) is 5. The van der Waals surface area contributed by atoms with Gasteiger partial charge in [0.25, 0.3) is 0 Å². The van der Waals surface area contributed by atoms with E-state index in [0.29, 0.717) is 11.5 Å². The highest BCUT2D eigenvalue weighted by Crippen LogP contribution is 2.27. The molecule has 1 aromatic rings. The van der Waals surface area contributed by atoms with Gasteiger partial charge in [0.15, 0.2) is 0 Å². The van der Waals surface area contributed by atoms with Crippen molar-refractivity contribution in [1.29, 1.82) is 0 Å². The third kappa shape index (κ3) is 2.18. The van der Waals surface area contributed by atoms with Gasteiger partial charge in [-0.2, -0.15) is 0 Å². The van der Waals surface area contributed by atoms with E-state index in [-0.39, 0.29) is 11.9 Å². The molecule has 1 aromatic heterocycles. The van der Waals surface area contributed by atoms with Gasteiger partial charge in [0.1, 0.15) is 17.7 Å². The van der Waals surface area contributed by atoms with E-state index in [9.17, 15) is 4.79 Å². The number of pyridine rings is 1. The maximum atomic E-state index is 12.1. The third-order valence-corrected chi connectivity index (χ3v) is 3.22. The topological polar surface area (TPSA) is 88.5 Å². The number of aromatic nitrogens is 1. The lowest BCUT2D eigenvalue weighted by Gasteiger charge is -2.27. The summed E-state index contributed by atoms with van der Waals surface area (Å²) in [5, 5.41) is 0. The first-order valence-corrected chi connectivity index (χ1v) is 6.00. The maximum Gasteiger partial charge on any atom is 0.244 e. The minimum atomic E-state index is -0.143. The predicted octanol–water partition coefficient (Wildman–Crippen LogP) is 0.303. The Labute approximate surface area is 107 Å². The van der Waals surface area contributed by atoms with Gasteiger partial charge in [-0.25, -0.2) is 4.98 Å². The maximum absolute atomic E-state index is 12.1. The Kier molecular flexibility index (Phi) is 3.27. The number of carbonyl (C=O) groups is 1. The number of nitrogens with zero attached hydrogens (tertiary/aromatic N) is 3. The zero-order chi connectivity index (χ0) is 13.3. The van der Waals surface area contributed by atoms with Crippen LogP contribution < -0.4 is 16.4 Å². The molecule has 6 nitrogen and oxygen atoms in total. The minimum absolute atomic E-state index is 0.102. The molecule has 0 bridgehead atoms. The number of nitrogen functional groups attached to an aromatic ring is 2. The Bertz CT molecular complexity index is 460. The zero-order valence-corrected chi connectivity index (χ0v) is 10.8. The van der Waals surface area contributed by atoms with Crippen molar-refractivity contribution in [3.8, 4) is 0 Å². The summed E-state index contributed by atoms with van der Waals surface area (Å²) in [6, 6.07) is 3.40. The van der Waals surface area contributed by atoms with Gasteiger partial charge in [-0.05, 0) is 25.0 Å². The van der Waals surface area contributed by atoms with Crippen LogP contribution in [0.5, 0.6) is 0 Å².